The van der Waals surface area contributed by atoms with Crippen LogP contribution in [0.2, 0.25) is 0 Å². The second-order valence-electron chi connectivity index (χ2n) is 3.88. The van der Waals surface area contributed by atoms with Gasteiger partial charge in [-0.1, -0.05) is 0 Å². The second-order valence-corrected chi connectivity index (χ2v) is 3.88. The van der Waals surface area contributed by atoms with Gasteiger partial charge in [0.15, 0.2) is 5.82 Å². The summed E-state index contributed by atoms with van der Waals surface area (Å²) in [6.07, 6.45) is 2.60. The van der Waals surface area contributed by atoms with Gasteiger partial charge in [-0.05, 0) is 25.0 Å². The van der Waals surface area contributed by atoms with E-state index < -0.39 is 6.23 Å². The number of amides is 1. The van der Waals surface area contributed by atoms with E-state index >= 15 is 0 Å². The fourth-order valence-electron chi connectivity index (χ4n) is 1.87. The summed E-state index contributed by atoms with van der Waals surface area (Å²) < 4.78 is 0. The van der Waals surface area contributed by atoms with E-state index in [1.54, 1.807) is 23.2 Å². The Bertz CT molecular complexity index is 417. The topological polar surface area (TPSA) is 65.5 Å². The van der Waals surface area contributed by atoms with Gasteiger partial charge in [-0.25, -0.2) is 4.98 Å². The van der Waals surface area contributed by atoms with E-state index in [0.717, 1.165) is 12.8 Å². The van der Waals surface area contributed by atoms with Crippen molar-refractivity contribution in [2.75, 3.05) is 10.2 Å². The Labute approximate surface area is 86.7 Å². The Morgan fingerprint density at radius 1 is 1.53 bits per heavy atom. The van der Waals surface area contributed by atoms with Crippen molar-refractivity contribution in [3.63, 3.8) is 0 Å². The van der Waals surface area contributed by atoms with Gasteiger partial charge in [0.25, 0.3) is 5.91 Å². The molecular formula is C10H11N3O2. The third kappa shape index (κ3) is 1.27. The van der Waals surface area contributed by atoms with Crippen LogP contribution in [0.15, 0.2) is 18.3 Å². The van der Waals surface area contributed by atoms with Crippen LogP contribution in [0.4, 0.5) is 11.5 Å². The zero-order valence-corrected chi connectivity index (χ0v) is 8.05. The minimum atomic E-state index is -1.10. The Hall–Kier alpha value is -1.62. The van der Waals surface area contributed by atoms with Crippen molar-refractivity contribution >= 4 is 17.4 Å². The highest BCUT2D eigenvalue weighted by molar-refractivity contribution is 6.01. The monoisotopic (exact) mass is 205 g/mol. The van der Waals surface area contributed by atoms with Crippen molar-refractivity contribution < 1.29 is 9.90 Å². The molecule has 0 aromatic carbocycles. The molecule has 1 saturated carbocycles. The number of pyridine rings is 1. The van der Waals surface area contributed by atoms with E-state index in [9.17, 15) is 9.90 Å². The van der Waals surface area contributed by atoms with Gasteiger partial charge in [0.1, 0.15) is 0 Å². The van der Waals surface area contributed by atoms with Crippen molar-refractivity contribution in [1.82, 2.24) is 4.98 Å². The molecule has 2 N–H and O–H groups in total. The number of aliphatic hydroxyl groups excluding tert-OH is 1. The van der Waals surface area contributed by atoms with Gasteiger partial charge in [0.2, 0.25) is 6.23 Å². The number of anilines is 2. The van der Waals surface area contributed by atoms with E-state index in [0.29, 0.717) is 11.5 Å². The van der Waals surface area contributed by atoms with Crippen LogP contribution in [0.5, 0.6) is 0 Å². The zero-order chi connectivity index (χ0) is 10.4. The summed E-state index contributed by atoms with van der Waals surface area (Å²) in [6, 6.07) is 3.82. The van der Waals surface area contributed by atoms with E-state index in [1.165, 1.54) is 0 Å². The first-order chi connectivity index (χ1) is 7.27. The molecule has 1 aromatic heterocycles. The number of carbonyl (C=O) groups is 1. The van der Waals surface area contributed by atoms with Gasteiger partial charge in [0, 0.05) is 12.2 Å². The van der Waals surface area contributed by atoms with Gasteiger partial charge in [-0.15, -0.1) is 0 Å². The van der Waals surface area contributed by atoms with Crippen LogP contribution in [0.25, 0.3) is 0 Å². The maximum absolute atomic E-state index is 11.5. The van der Waals surface area contributed by atoms with Crippen LogP contribution in [0.3, 0.4) is 0 Å². The lowest BCUT2D eigenvalue weighted by molar-refractivity contribution is -0.124. The van der Waals surface area contributed by atoms with Crippen LogP contribution in [0.1, 0.15) is 12.8 Å². The summed E-state index contributed by atoms with van der Waals surface area (Å²) in [6.45, 7) is 0. The predicted molar refractivity (Wildman–Crippen MR) is 54.4 cm³/mol. The molecule has 2 heterocycles. The Kier molecular flexibility index (Phi) is 1.70. The van der Waals surface area contributed by atoms with Gasteiger partial charge >= 0.3 is 0 Å². The number of carbonyl (C=O) groups excluding carboxylic acids is 1. The summed E-state index contributed by atoms with van der Waals surface area (Å²) in [4.78, 5) is 17.4. The maximum Gasteiger partial charge on any atom is 0.274 e. The van der Waals surface area contributed by atoms with Crippen molar-refractivity contribution in [3.05, 3.63) is 18.3 Å². The number of aliphatic hydroxyl groups is 1. The molecule has 0 bridgehead atoms. The fourth-order valence-corrected chi connectivity index (χ4v) is 1.87. The molecule has 1 fully saturated rings. The van der Waals surface area contributed by atoms with Gasteiger partial charge in [0.05, 0.1) is 5.69 Å². The maximum atomic E-state index is 11.5. The molecule has 1 amide bonds. The lowest BCUT2D eigenvalue weighted by atomic mass is 10.2. The molecule has 5 nitrogen and oxygen atoms in total. The van der Waals surface area contributed by atoms with Crippen molar-refractivity contribution in [3.8, 4) is 0 Å². The quantitative estimate of drug-likeness (QED) is 0.693. The third-order valence-electron chi connectivity index (χ3n) is 2.73. The number of nitrogens with zero attached hydrogens (tertiary/aromatic N) is 2. The summed E-state index contributed by atoms with van der Waals surface area (Å²) in [5.41, 5.74) is 0.680. The molecule has 15 heavy (non-hydrogen) atoms. The second kappa shape index (κ2) is 2.93. The van der Waals surface area contributed by atoms with Crippen LogP contribution < -0.4 is 10.2 Å². The smallest absolute Gasteiger partial charge is 0.274 e. The first kappa shape index (κ1) is 8.67. The molecule has 5 heteroatoms. The highest BCUT2D eigenvalue weighted by Gasteiger charge is 2.41. The van der Waals surface area contributed by atoms with Crippen LogP contribution in [0, 0.1) is 0 Å². The van der Waals surface area contributed by atoms with E-state index in [1.807, 2.05) is 0 Å². The molecule has 0 spiro atoms. The number of hydrogen-bond donors (Lipinski definition) is 2. The standard InChI is InChI=1S/C10H11N3O2/c14-9-10(15)13(6-3-4-6)8-7(12-9)2-1-5-11-8/h1-2,5-6,10,15H,3-4H2,(H,12,14). The fraction of sp³-hybridized carbons (Fsp3) is 0.400. The Morgan fingerprint density at radius 3 is 3.07 bits per heavy atom. The molecule has 1 aliphatic heterocycles. The molecule has 1 unspecified atom stereocenters. The van der Waals surface area contributed by atoms with Gasteiger partial charge in [-0.2, -0.15) is 0 Å². The normalized spacial score (nSPS) is 24.7. The minimum absolute atomic E-state index is 0.264. The van der Waals surface area contributed by atoms with E-state index in [4.69, 9.17) is 0 Å². The van der Waals surface area contributed by atoms with Gasteiger partial charge < -0.3 is 15.3 Å². The molecule has 1 atom stereocenters. The summed E-state index contributed by atoms with van der Waals surface area (Å²) in [5.74, 6) is 0.300. The number of nitrogens with one attached hydrogen (secondary N) is 1. The average molecular weight is 205 g/mol. The number of rotatable bonds is 1. The minimum Gasteiger partial charge on any atom is -0.365 e. The van der Waals surface area contributed by atoms with Crippen LogP contribution in [-0.2, 0) is 4.79 Å². The summed E-state index contributed by atoms with van der Waals surface area (Å²) in [5, 5.41) is 12.4. The summed E-state index contributed by atoms with van der Waals surface area (Å²) >= 11 is 0. The Morgan fingerprint density at radius 2 is 2.33 bits per heavy atom. The number of fused-ring (bicyclic) bond motifs is 1. The van der Waals surface area contributed by atoms with E-state index in [-0.39, 0.29) is 11.9 Å². The lowest BCUT2D eigenvalue weighted by Gasteiger charge is -2.33. The highest BCUT2D eigenvalue weighted by Crippen LogP contribution is 2.37. The molecule has 1 aliphatic carbocycles. The molecule has 2 aliphatic rings. The number of hydrogen-bond acceptors (Lipinski definition) is 4. The summed E-state index contributed by atoms with van der Waals surface area (Å²) in [7, 11) is 0. The van der Waals surface area contributed by atoms with Crippen LogP contribution >= 0.6 is 0 Å². The van der Waals surface area contributed by atoms with Gasteiger partial charge in [-0.3, -0.25) is 4.79 Å². The first-order valence-corrected chi connectivity index (χ1v) is 4.99. The average Bonchev–Trinajstić information content (AvgIpc) is 3.04. The Balaban J connectivity index is 2.08. The molecular weight excluding hydrogens is 194 g/mol. The zero-order valence-electron chi connectivity index (χ0n) is 8.05. The van der Waals surface area contributed by atoms with Crippen LogP contribution in [-0.4, -0.2) is 28.3 Å². The first-order valence-electron chi connectivity index (χ1n) is 4.99. The van der Waals surface area contributed by atoms with E-state index in [2.05, 4.69) is 10.3 Å². The largest absolute Gasteiger partial charge is 0.365 e. The van der Waals surface area contributed by atoms with Crippen molar-refractivity contribution in [1.29, 1.82) is 0 Å². The third-order valence-corrected chi connectivity index (χ3v) is 2.73. The van der Waals surface area contributed by atoms with Crippen molar-refractivity contribution in [2.45, 2.75) is 25.1 Å². The lowest BCUT2D eigenvalue weighted by Crippen LogP contribution is -2.49. The molecule has 78 valence electrons. The van der Waals surface area contributed by atoms with Crippen molar-refractivity contribution in [2.24, 2.45) is 0 Å². The highest BCUT2D eigenvalue weighted by atomic mass is 16.3. The molecule has 0 radical (unpaired) electrons. The predicted octanol–water partition coefficient (Wildman–Crippen LogP) is 0.321. The molecule has 0 saturated heterocycles. The number of aromatic nitrogens is 1. The SMILES string of the molecule is O=C1Nc2cccnc2N(C2CC2)C1O. The molecule has 1 aromatic rings. The molecule has 3 rings (SSSR count).